The molecule has 0 bridgehead atoms. The number of hydrogen-bond acceptors (Lipinski definition) is 2. The Hall–Kier alpha value is -0.650. The molecule has 3 nitrogen and oxygen atoms in total. The summed E-state index contributed by atoms with van der Waals surface area (Å²) in [4.78, 5) is 11.7. The number of halogens is 3. The van der Waals surface area contributed by atoms with E-state index in [0.29, 0.717) is 11.1 Å². The predicted molar refractivity (Wildman–Crippen MR) is 68.0 cm³/mol. The largest absolute Gasteiger partial charge is 0.383 e. The molecule has 1 amide bonds. The van der Waals surface area contributed by atoms with E-state index >= 15 is 0 Å². The van der Waals surface area contributed by atoms with Gasteiger partial charge in [0.25, 0.3) is 5.91 Å². The molecule has 94 valence electrons. The van der Waals surface area contributed by atoms with Crippen molar-refractivity contribution in [3.8, 4) is 0 Å². The Balaban J connectivity index is 2.58. The zero-order chi connectivity index (χ0) is 12.8. The lowest BCUT2D eigenvalue weighted by Crippen LogP contribution is -2.31. The molecule has 0 fully saturated rings. The minimum Gasteiger partial charge on any atom is -0.383 e. The van der Waals surface area contributed by atoms with Crippen molar-refractivity contribution in [1.29, 1.82) is 0 Å². The lowest BCUT2D eigenvalue weighted by Gasteiger charge is -2.10. The number of hydrogen-bond donors (Lipinski definition) is 1. The second kappa shape index (κ2) is 6.93. The first-order valence-corrected chi connectivity index (χ1v) is 6.13. The highest BCUT2D eigenvalue weighted by Crippen LogP contribution is 2.14. The molecule has 0 radical (unpaired) electrons. The molecule has 0 aromatic heterocycles. The van der Waals surface area contributed by atoms with Crippen LogP contribution in [0.3, 0.4) is 0 Å². The van der Waals surface area contributed by atoms with Gasteiger partial charge in [0.15, 0.2) is 0 Å². The van der Waals surface area contributed by atoms with E-state index in [1.54, 1.807) is 0 Å². The first kappa shape index (κ1) is 14.4. The van der Waals surface area contributed by atoms with Gasteiger partial charge in [0, 0.05) is 23.7 Å². The highest BCUT2D eigenvalue weighted by Gasteiger charge is 2.10. The van der Waals surface area contributed by atoms with Crippen molar-refractivity contribution in [3.05, 3.63) is 34.1 Å². The predicted octanol–water partition coefficient (Wildman–Crippen LogP) is 2.57. The number of carbonyl (C=O) groups is 1. The fourth-order valence-electron chi connectivity index (χ4n) is 1.23. The molecule has 0 heterocycles. The van der Waals surface area contributed by atoms with E-state index in [4.69, 9.17) is 16.3 Å². The Labute approximate surface area is 112 Å². The summed E-state index contributed by atoms with van der Waals surface area (Å²) in [6.45, 7) is 0.608. The molecule has 17 heavy (non-hydrogen) atoms. The van der Waals surface area contributed by atoms with Crippen LogP contribution < -0.4 is 5.32 Å². The van der Waals surface area contributed by atoms with Crippen LogP contribution in [0.2, 0.25) is 0 Å². The second-order valence-corrected chi connectivity index (χ2v) is 4.95. The van der Waals surface area contributed by atoms with Crippen LogP contribution in [0, 0.1) is 5.82 Å². The van der Waals surface area contributed by atoms with Crippen molar-refractivity contribution >= 4 is 33.4 Å². The summed E-state index contributed by atoms with van der Waals surface area (Å²) in [6.07, 6.45) is 0. The van der Waals surface area contributed by atoms with Crippen LogP contribution in [-0.4, -0.2) is 31.5 Å². The molecule has 0 aliphatic heterocycles. The Morgan fingerprint density at radius 2 is 2.29 bits per heavy atom. The maximum absolute atomic E-state index is 13.1. The van der Waals surface area contributed by atoms with Crippen LogP contribution in [0.25, 0.3) is 0 Å². The molecule has 1 unspecified atom stereocenters. The molecule has 0 spiro atoms. The number of alkyl halides is 1. The van der Waals surface area contributed by atoms with Gasteiger partial charge < -0.3 is 10.1 Å². The maximum atomic E-state index is 13.1. The zero-order valence-corrected chi connectivity index (χ0v) is 11.5. The Kier molecular flexibility index (Phi) is 5.88. The zero-order valence-electron chi connectivity index (χ0n) is 9.17. The molecular weight excluding hydrogens is 312 g/mol. The number of ether oxygens (including phenoxy) is 1. The number of amides is 1. The van der Waals surface area contributed by atoms with Gasteiger partial charge in [-0.25, -0.2) is 4.39 Å². The first-order chi connectivity index (χ1) is 8.02. The topological polar surface area (TPSA) is 38.3 Å². The van der Waals surface area contributed by atoms with Crippen molar-refractivity contribution in [2.75, 3.05) is 20.3 Å². The summed E-state index contributed by atoms with van der Waals surface area (Å²) < 4.78 is 18.4. The van der Waals surface area contributed by atoms with Gasteiger partial charge in [-0.05, 0) is 18.2 Å². The van der Waals surface area contributed by atoms with Crippen molar-refractivity contribution in [2.45, 2.75) is 5.38 Å². The van der Waals surface area contributed by atoms with E-state index in [0.717, 1.165) is 0 Å². The molecule has 1 N–H and O–H groups in total. The van der Waals surface area contributed by atoms with Crippen LogP contribution in [0.5, 0.6) is 0 Å². The molecule has 1 aromatic carbocycles. The Morgan fingerprint density at radius 3 is 2.88 bits per heavy atom. The van der Waals surface area contributed by atoms with Crippen molar-refractivity contribution in [3.63, 3.8) is 0 Å². The fraction of sp³-hybridized carbons (Fsp3) is 0.364. The SMILES string of the molecule is COCC(Cl)CNC(=O)c1cc(F)cc(Br)c1. The van der Waals surface area contributed by atoms with E-state index < -0.39 is 5.82 Å². The van der Waals surface area contributed by atoms with Crippen LogP contribution in [0.15, 0.2) is 22.7 Å². The van der Waals surface area contributed by atoms with E-state index in [1.165, 1.54) is 25.3 Å². The Bertz CT molecular complexity index is 383. The van der Waals surface area contributed by atoms with Crippen molar-refractivity contribution in [2.24, 2.45) is 0 Å². The fourth-order valence-corrected chi connectivity index (χ4v) is 1.90. The first-order valence-electron chi connectivity index (χ1n) is 4.90. The standard InChI is InChI=1S/C11H12BrClFNO2/c1-17-6-9(13)5-15-11(16)7-2-8(12)4-10(14)3-7/h2-4,9H,5-6H2,1H3,(H,15,16). The summed E-state index contributed by atoms with van der Waals surface area (Å²) in [5.41, 5.74) is 0.248. The number of methoxy groups -OCH3 is 1. The molecule has 1 atom stereocenters. The van der Waals surface area contributed by atoms with Crippen LogP contribution in [0.4, 0.5) is 4.39 Å². The number of nitrogens with one attached hydrogen (secondary N) is 1. The van der Waals surface area contributed by atoms with Gasteiger partial charge in [0.1, 0.15) is 5.82 Å². The highest BCUT2D eigenvalue weighted by molar-refractivity contribution is 9.10. The van der Waals surface area contributed by atoms with Gasteiger partial charge in [-0.15, -0.1) is 11.6 Å². The van der Waals surface area contributed by atoms with E-state index in [1.807, 2.05) is 0 Å². The van der Waals surface area contributed by atoms with Gasteiger partial charge in [-0.1, -0.05) is 15.9 Å². The monoisotopic (exact) mass is 323 g/mol. The van der Waals surface area contributed by atoms with E-state index in [2.05, 4.69) is 21.2 Å². The minimum absolute atomic E-state index is 0.248. The van der Waals surface area contributed by atoms with Crippen molar-refractivity contribution < 1.29 is 13.9 Å². The molecule has 1 aromatic rings. The summed E-state index contributed by atoms with van der Waals surface area (Å²) in [5, 5.41) is 2.29. The molecule has 6 heteroatoms. The molecular formula is C11H12BrClFNO2. The summed E-state index contributed by atoms with van der Waals surface area (Å²) in [7, 11) is 1.53. The van der Waals surface area contributed by atoms with Crippen molar-refractivity contribution in [1.82, 2.24) is 5.32 Å². The third-order valence-electron chi connectivity index (χ3n) is 1.96. The molecule has 0 aliphatic rings. The summed E-state index contributed by atoms with van der Waals surface area (Å²) in [5.74, 6) is -0.837. The van der Waals surface area contributed by atoms with Crippen LogP contribution in [-0.2, 0) is 4.74 Å². The minimum atomic E-state index is -0.469. The van der Waals surface area contributed by atoms with Gasteiger partial charge in [-0.2, -0.15) is 0 Å². The average molecular weight is 325 g/mol. The Morgan fingerprint density at radius 1 is 1.59 bits per heavy atom. The molecule has 0 saturated heterocycles. The summed E-state index contributed by atoms with van der Waals surface area (Å²) >= 11 is 8.97. The van der Waals surface area contributed by atoms with Gasteiger partial charge in [0.2, 0.25) is 0 Å². The quantitative estimate of drug-likeness (QED) is 0.846. The van der Waals surface area contributed by atoms with E-state index in [-0.39, 0.29) is 23.4 Å². The summed E-state index contributed by atoms with van der Waals surface area (Å²) in [6, 6.07) is 3.99. The molecule has 0 aliphatic carbocycles. The third kappa shape index (κ3) is 5.02. The maximum Gasteiger partial charge on any atom is 0.251 e. The highest BCUT2D eigenvalue weighted by atomic mass is 79.9. The van der Waals surface area contributed by atoms with E-state index in [9.17, 15) is 9.18 Å². The van der Waals surface area contributed by atoms with Gasteiger partial charge in [-0.3, -0.25) is 4.79 Å². The molecule has 0 saturated carbocycles. The normalized spacial score (nSPS) is 12.2. The lowest BCUT2D eigenvalue weighted by atomic mass is 10.2. The lowest BCUT2D eigenvalue weighted by molar-refractivity contribution is 0.0948. The number of benzene rings is 1. The number of rotatable bonds is 5. The molecule has 1 rings (SSSR count). The smallest absolute Gasteiger partial charge is 0.251 e. The van der Waals surface area contributed by atoms with Gasteiger partial charge in [0.05, 0.1) is 12.0 Å². The number of carbonyl (C=O) groups excluding carboxylic acids is 1. The van der Waals surface area contributed by atoms with Crippen LogP contribution >= 0.6 is 27.5 Å². The second-order valence-electron chi connectivity index (χ2n) is 3.42. The van der Waals surface area contributed by atoms with Crippen LogP contribution in [0.1, 0.15) is 10.4 Å². The average Bonchev–Trinajstić information content (AvgIpc) is 2.25. The third-order valence-corrected chi connectivity index (χ3v) is 2.69. The van der Waals surface area contributed by atoms with Gasteiger partial charge >= 0.3 is 0 Å².